The number of Topliss-reactive ketones (excluding diaryl/α,β-unsaturated/α-hetero) is 1. The molecule has 0 aromatic heterocycles. The van der Waals surface area contributed by atoms with Gasteiger partial charge >= 0.3 is 0 Å². The minimum absolute atomic E-state index is 0.116. The average molecular weight is 250 g/mol. The van der Waals surface area contributed by atoms with Crippen molar-refractivity contribution in [3.8, 4) is 0 Å². The van der Waals surface area contributed by atoms with Gasteiger partial charge in [0.15, 0.2) is 5.78 Å². The van der Waals surface area contributed by atoms with Crippen LogP contribution in [0.2, 0.25) is 0 Å². The Hall–Kier alpha value is -0.630. The van der Waals surface area contributed by atoms with E-state index in [0.29, 0.717) is 5.78 Å². The summed E-state index contributed by atoms with van der Waals surface area (Å²) in [5, 5.41) is 9.82. The van der Waals surface area contributed by atoms with Crippen LogP contribution in [0, 0.1) is 5.92 Å². The predicted molar refractivity (Wildman–Crippen MR) is 73.4 cm³/mol. The number of rotatable bonds is 0. The Balaban J connectivity index is 2.05. The average Bonchev–Trinajstić information content (AvgIpc) is 2.34. The van der Waals surface area contributed by atoms with Gasteiger partial charge in [0.25, 0.3) is 0 Å². The van der Waals surface area contributed by atoms with E-state index in [0.717, 1.165) is 69.8 Å². The zero-order chi connectivity index (χ0) is 13.0. The number of allylic oxidation sites excluding steroid dienone is 2. The number of ketones is 1. The van der Waals surface area contributed by atoms with Crippen LogP contribution < -0.4 is 0 Å². The van der Waals surface area contributed by atoms with Gasteiger partial charge in [-0.1, -0.05) is 24.8 Å². The third kappa shape index (κ3) is 3.44. The van der Waals surface area contributed by atoms with Gasteiger partial charge in [0.1, 0.15) is 0 Å². The Kier molecular flexibility index (Phi) is 4.99. The molecule has 102 valence electrons. The number of aliphatic hydroxyl groups is 1. The smallest absolute Gasteiger partial charge is 0.161 e. The van der Waals surface area contributed by atoms with Gasteiger partial charge in [-0.05, 0) is 57.4 Å². The van der Waals surface area contributed by atoms with Crippen LogP contribution in [-0.4, -0.2) is 17.0 Å². The molecule has 2 atom stereocenters. The zero-order valence-corrected chi connectivity index (χ0v) is 11.6. The fraction of sp³-hybridized carbons (Fsp3) is 0.812. The van der Waals surface area contributed by atoms with Gasteiger partial charge in [-0.25, -0.2) is 0 Å². The lowest BCUT2D eigenvalue weighted by atomic mass is 9.78. The van der Waals surface area contributed by atoms with Crippen LogP contribution >= 0.6 is 0 Å². The summed E-state index contributed by atoms with van der Waals surface area (Å²) in [6, 6.07) is 0. The number of hydrogen-bond donors (Lipinski definition) is 1. The lowest BCUT2D eigenvalue weighted by molar-refractivity contribution is -0.120. The Morgan fingerprint density at radius 3 is 2.39 bits per heavy atom. The highest BCUT2D eigenvalue weighted by Crippen LogP contribution is 2.33. The lowest BCUT2D eigenvalue weighted by Crippen LogP contribution is -2.23. The molecule has 1 N–H and O–H groups in total. The highest BCUT2D eigenvalue weighted by molar-refractivity contribution is 5.98. The molecule has 2 nitrogen and oxygen atoms in total. The molecule has 2 aliphatic carbocycles. The molecule has 2 bridgehead atoms. The van der Waals surface area contributed by atoms with Crippen LogP contribution in [0.5, 0.6) is 0 Å². The second kappa shape index (κ2) is 6.51. The van der Waals surface area contributed by atoms with Crippen molar-refractivity contribution in [3.63, 3.8) is 0 Å². The molecule has 0 heterocycles. The van der Waals surface area contributed by atoms with Crippen molar-refractivity contribution in [1.29, 1.82) is 0 Å². The predicted octanol–water partition coefficient (Wildman–Crippen LogP) is 3.78. The number of aliphatic hydroxyl groups excluding tert-OH is 1. The van der Waals surface area contributed by atoms with E-state index >= 15 is 0 Å². The minimum Gasteiger partial charge on any atom is -0.393 e. The lowest BCUT2D eigenvalue weighted by Gasteiger charge is -2.25. The Morgan fingerprint density at radius 1 is 0.944 bits per heavy atom. The molecular formula is C16H26O2. The maximum Gasteiger partial charge on any atom is 0.161 e. The van der Waals surface area contributed by atoms with Crippen LogP contribution in [0.25, 0.3) is 0 Å². The largest absolute Gasteiger partial charge is 0.393 e. The minimum atomic E-state index is -0.116. The first-order chi connectivity index (χ1) is 8.68. The van der Waals surface area contributed by atoms with Crippen LogP contribution in [0.3, 0.4) is 0 Å². The quantitative estimate of drug-likeness (QED) is 0.710. The molecule has 0 radical (unpaired) electrons. The second-order valence-electron chi connectivity index (χ2n) is 6.04. The fourth-order valence-corrected chi connectivity index (χ4v) is 3.34. The van der Waals surface area contributed by atoms with Gasteiger partial charge in [-0.15, -0.1) is 0 Å². The highest BCUT2D eigenvalue weighted by Gasteiger charge is 2.27. The summed E-state index contributed by atoms with van der Waals surface area (Å²) in [5.41, 5.74) is 2.45. The number of fused-ring (bicyclic) bond motifs is 2. The van der Waals surface area contributed by atoms with Crippen molar-refractivity contribution < 1.29 is 9.90 Å². The van der Waals surface area contributed by atoms with Crippen molar-refractivity contribution in [3.05, 3.63) is 11.1 Å². The highest BCUT2D eigenvalue weighted by atomic mass is 16.3. The van der Waals surface area contributed by atoms with Crippen LogP contribution in [0.15, 0.2) is 11.1 Å². The third-order valence-corrected chi connectivity index (χ3v) is 4.61. The molecule has 2 heteroatoms. The molecule has 1 fully saturated rings. The maximum absolute atomic E-state index is 12.4. The first-order valence-electron chi connectivity index (χ1n) is 7.59. The van der Waals surface area contributed by atoms with E-state index in [1.807, 2.05) is 0 Å². The van der Waals surface area contributed by atoms with Gasteiger partial charge in [-0.2, -0.15) is 0 Å². The monoisotopic (exact) mass is 250 g/mol. The summed E-state index contributed by atoms with van der Waals surface area (Å²) in [7, 11) is 0. The fourth-order valence-electron chi connectivity index (χ4n) is 3.34. The Morgan fingerprint density at radius 2 is 1.61 bits per heavy atom. The molecule has 0 spiro atoms. The van der Waals surface area contributed by atoms with Crippen LogP contribution in [0.1, 0.15) is 71.1 Å². The van der Waals surface area contributed by atoms with E-state index in [-0.39, 0.29) is 12.0 Å². The number of carbonyl (C=O) groups excluding carboxylic acids is 1. The summed E-state index contributed by atoms with van der Waals surface area (Å²) < 4.78 is 0. The zero-order valence-electron chi connectivity index (χ0n) is 11.6. The number of hydrogen-bond acceptors (Lipinski definition) is 2. The van der Waals surface area contributed by atoms with Crippen LogP contribution in [-0.2, 0) is 4.79 Å². The summed E-state index contributed by atoms with van der Waals surface area (Å²) in [6.07, 6.45) is 10.1. The number of carbonyl (C=O) groups is 1. The summed E-state index contributed by atoms with van der Waals surface area (Å²) in [5.74, 6) is 0.722. The normalized spacial score (nSPS) is 31.8. The van der Waals surface area contributed by atoms with Gasteiger partial charge in [0, 0.05) is 5.92 Å². The summed E-state index contributed by atoms with van der Waals surface area (Å²) >= 11 is 0. The molecule has 0 amide bonds. The van der Waals surface area contributed by atoms with E-state index in [1.54, 1.807) is 0 Å². The Labute approximate surface area is 110 Å². The van der Waals surface area contributed by atoms with Crippen molar-refractivity contribution in [2.75, 3.05) is 0 Å². The van der Waals surface area contributed by atoms with Crippen molar-refractivity contribution in [1.82, 2.24) is 0 Å². The van der Waals surface area contributed by atoms with Crippen molar-refractivity contribution in [2.45, 2.75) is 77.2 Å². The molecular weight excluding hydrogens is 224 g/mol. The molecule has 2 rings (SSSR count). The summed E-state index contributed by atoms with van der Waals surface area (Å²) in [6.45, 7) is 2.13. The molecule has 2 aliphatic rings. The first-order valence-corrected chi connectivity index (χ1v) is 7.59. The molecule has 0 saturated heterocycles. The van der Waals surface area contributed by atoms with E-state index < -0.39 is 0 Å². The molecule has 0 aromatic rings. The first kappa shape index (κ1) is 13.8. The van der Waals surface area contributed by atoms with Gasteiger partial charge in [0.2, 0.25) is 0 Å². The van der Waals surface area contributed by atoms with Gasteiger partial charge in [0.05, 0.1) is 6.10 Å². The SMILES string of the molecule is CC1=C2CCCCC(O)CCCCC(CC1)C2=O. The van der Waals surface area contributed by atoms with E-state index in [4.69, 9.17) is 0 Å². The van der Waals surface area contributed by atoms with E-state index in [9.17, 15) is 9.90 Å². The maximum atomic E-state index is 12.4. The summed E-state index contributed by atoms with van der Waals surface area (Å²) in [4.78, 5) is 12.4. The molecule has 1 saturated carbocycles. The van der Waals surface area contributed by atoms with Gasteiger partial charge < -0.3 is 5.11 Å². The Bertz CT molecular complexity index is 330. The molecule has 2 unspecified atom stereocenters. The van der Waals surface area contributed by atoms with Gasteiger partial charge in [-0.3, -0.25) is 4.79 Å². The molecule has 0 aliphatic heterocycles. The van der Waals surface area contributed by atoms with E-state index in [1.165, 1.54) is 5.57 Å². The van der Waals surface area contributed by atoms with E-state index in [2.05, 4.69) is 6.92 Å². The van der Waals surface area contributed by atoms with Crippen molar-refractivity contribution in [2.24, 2.45) is 5.92 Å². The second-order valence-corrected chi connectivity index (χ2v) is 6.04. The molecule has 0 aromatic carbocycles. The molecule has 18 heavy (non-hydrogen) atoms. The topological polar surface area (TPSA) is 37.3 Å². The van der Waals surface area contributed by atoms with Crippen molar-refractivity contribution >= 4 is 5.78 Å². The standard InChI is InChI=1S/C16H26O2/c1-12-10-11-13-6-2-3-7-14(17)8-4-5-9-15(12)16(13)18/h13-14,17H,2-11H2,1H3. The third-order valence-electron chi connectivity index (χ3n) is 4.61. The van der Waals surface area contributed by atoms with Crippen LogP contribution in [0.4, 0.5) is 0 Å².